The Morgan fingerprint density at radius 1 is 1.19 bits per heavy atom. The predicted octanol–water partition coefficient (Wildman–Crippen LogP) is 2.43. The number of esters is 1. The van der Waals surface area contributed by atoms with Gasteiger partial charge in [-0.25, -0.2) is 9.59 Å². The first-order valence-corrected chi connectivity index (χ1v) is 9.33. The zero-order valence-electron chi connectivity index (χ0n) is 15.6. The molecule has 1 amide bonds. The number of fused-ring (bicyclic) bond motifs is 1. The molecule has 7 heteroatoms. The maximum Gasteiger partial charge on any atom is 0.406 e. The van der Waals surface area contributed by atoms with Gasteiger partial charge in [0.25, 0.3) is 5.56 Å². The van der Waals surface area contributed by atoms with Gasteiger partial charge in [-0.05, 0) is 50.7 Å². The fourth-order valence-corrected chi connectivity index (χ4v) is 3.33. The summed E-state index contributed by atoms with van der Waals surface area (Å²) in [5.41, 5.74) is 1.88. The SMILES string of the molecule is CCOC(=O)c1cc2c(n(CCCNC(=O)OC)c1=O)CCCCCC2. The molecule has 1 aliphatic rings. The third-order valence-electron chi connectivity index (χ3n) is 4.61. The number of amides is 1. The Morgan fingerprint density at radius 3 is 2.62 bits per heavy atom. The smallest absolute Gasteiger partial charge is 0.406 e. The van der Waals surface area contributed by atoms with E-state index in [1.807, 2.05) is 0 Å². The second-order valence-corrected chi connectivity index (χ2v) is 6.39. The standard InChI is InChI=1S/C19H28N2O5/c1-3-26-18(23)15-13-14-9-6-4-5-7-10-16(14)21(17(15)22)12-8-11-20-19(24)25-2/h13H,3-12H2,1-2H3,(H,20,24). The van der Waals surface area contributed by atoms with Crippen LogP contribution in [-0.4, -0.2) is 36.9 Å². The van der Waals surface area contributed by atoms with E-state index in [1.165, 1.54) is 7.11 Å². The highest BCUT2D eigenvalue weighted by molar-refractivity contribution is 5.89. The summed E-state index contributed by atoms with van der Waals surface area (Å²) < 4.78 is 11.3. The average Bonchev–Trinajstić information content (AvgIpc) is 2.61. The van der Waals surface area contributed by atoms with Crippen molar-refractivity contribution in [3.05, 3.63) is 33.2 Å². The van der Waals surface area contributed by atoms with Crippen molar-refractivity contribution < 1.29 is 19.1 Å². The van der Waals surface area contributed by atoms with Gasteiger partial charge in [0.1, 0.15) is 5.56 Å². The molecule has 0 aromatic carbocycles. The Kier molecular flexibility index (Phi) is 7.69. The normalized spacial score (nSPS) is 13.9. The van der Waals surface area contributed by atoms with E-state index in [0.717, 1.165) is 49.8 Å². The Morgan fingerprint density at radius 2 is 1.92 bits per heavy atom. The van der Waals surface area contributed by atoms with Crippen LogP contribution in [0.25, 0.3) is 0 Å². The molecular weight excluding hydrogens is 336 g/mol. The number of hydrogen-bond acceptors (Lipinski definition) is 5. The number of aromatic nitrogens is 1. The first-order chi connectivity index (χ1) is 12.6. The Balaban J connectivity index is 2.30. The maximum absolute atomic E-state index is 12.9. The Hall–Kier alpha value is -2.31. The monoisotopic (exact) mass is 364 g/mol. The number of alkyl carbamates (subject to hydrolysis) is 1. The zero-order chi connectivity index (χ0) is 18.9. The lowest BCUT2D eigenvalue weighted by molar-refractivity contribution is 0.0523. The fraction of sp³-hybridized carbons (Fsp3) is 0.632. The van der Waals surface area contributed by atoms with Gasteiger partial charge in [0.15, 0.2) is 0 Å². The molecule has 26 heavy (non-hydrogen) atoms. The van der Waals surface area contributed by atoms with Crippen molar-refractivity contribution in [1.29, 1.82) is 0 Å². The Bertz CT molecular complexity index is 696. The summed E-state index contributed by atoms with van der Waals surface area (Å²) in [6.45, 7) is 2.80. The number of rotatable bonds is 6. The number of hydrogen-bond donors (Lipinski definition) is 1. The molecule has 0 aliphatic heterocycles. The molecule has 7 nitrogen and oxygen atoms in total. The zero-order valence-corrected chi connectivity index (χ0v) is 15.6. The van der Waals surface area contributed by atoms with Crippen LogP contribution >= 0.6 is 0 Å². The van der Waals surface area contributed by atoms with Crippen LogP contribution in [0, 0.1) is 0 Å². The lowest BCUT2D eigenvalue weighted by Gasteiger charge is -2.21. The third kappa shape index (κ3) is 5.09. The fourth-order valence-electron chi connectivity index (χ4n) is 3.33. The second kappa shape index (κ2) is 9.99. The minimum Gasteiger partial charge on any atom is -0.462 e. The van der Waals surface area contributed by atoms with E-state index in [1.54, 1.807) is 17.6 Å². The van der Waals surface area contributed by atoms with Gasteiger partial charge in [-0.15, -0.1) is 0 Å². The van der Waals surface area contributed by atoms with Gasteiger partial charge < -0.3 is 19.4 Å². The lowest BCUT2D eigenvalue weighted by Crippen LogP contribution is -2.33. The summed E-state index contributed by atoms with van der Waals surface area (Å²) in [5, 5.41) is 2.61. The summed E-state index contributed by atoms with van der Waals surface area (Å²) in [6, 6.07) is 1.73. The van der Waals surface area contributed by atoms with E-state index in [-0.39, 0.29) is 17.7 Å². The van der Waals surface area contributed by atoms with E-state index in [2.05, 4.69) is 10.1 Å². The maximum atomic E-state index is 12.9. The summed E-state index contributed by atoms with van der Waals surface area (Å²) >= 11 is 0. The molecule has 0 radical (unpaired) electrons. The molecule has 0 saturated carbocycles. The van der Waals surface area contributed by atoms with Crippen molar-refractivity contribution in [1.82, 2.24) is 9.88 Å². The topological polar surface area (TPSA) is 86.6 Å². The molecule has 0 saturated heterocycles. The summed E-state index contributed by atoms with van der Waals surface area (Å²) in [6.07, 6.45) is 6.18. The molecule has 0 fully saturated rings. The predicted molar refractivity (Wildman–Crippen MR) is 97.6 cm³/mol. The molecule has 1 N–H and O–H groups in total. The molecule has 2 rings (SSSR count). The molecule has 0 bridgehead atoms. The number of pyridine rings is 1. The van der Waals surface area contributed by atoms with Gasteiger partial charge in [-0.1, -0.05) is 12.8 Å². The molecule has 0 spiro atoms. The average molecular weight is 364 g/mol. The van der Waals surface area contributed by atoms with Crippen molar-refractivity contribution in [2.45, 2.75) is 58.4 Å². The molecule has 1 aliphatic carbocycles. The molecule has 0 atom stereocenters. The number of carbonyl (C=O) groups excluding carboxylic acids is 2. The molecule has 144 valence electrons. The van der Waals surface area contributed by atoms with Crippen LogP contribution in [0.4, 0.5) is 4.79 Å². The number of methoxy groups -OCH3 is 1. The minimum absolute atomic E-state index is 0.104. The summed E-state index contributed by atoms with van der Waals surface area (Å²) in [4.78, 5) is 36.3. The second-order valence-electron chi connectivity index (χ2n) is 6.39. The number of ether oxygens (including phenoxy) is 2. The van der Waals surface area contributed by atoms with Gasteiger partial charge in [0, 0.05) is 18.8 Å². The van der Waals surface area contributed by atoms with Crippen LogP contribution in [0.15, 0.2) is 10.9 Å². The van der Waals surface area contributed by atoms with Gasteiger partial charge in [0.05, 0.1) is 13.7 Å². The van der Waals surface area contributed by atoms with Crippen LogP contribution in [0.5, 0.6) is 0 Å². The van der Waals surface area contributed by atoms with Crippen LogP contribution in [-0.2, 0) is 28.9 Å². The van der Waals surface area contributed by atoms with Gasteiger partial charge in [0.2, 0.25) is 0 Å². The van der Waals surface area contributed by atoms with Crippen LogP contribution in [0.3, 0.4) is 0 Å². The van der Waals surface area contributed by atoms with Crippen molar-refractivity contribution >= 4 is 12.1 Å². The van der Waals surface area contributed by atoms with Gasteiger partial charge >= 0.3 is 12.1 Å². The number of nitrogens with zero attached hydrogens (tertiary/aromatic N) is 1. The molecule has 1 aromatic heterocycles. The van der Waals surface area contributed by atoms with Crippen LogP contribution < -0.4 is 10.9 Å². The molecular formula is C19H28N2O5. The van der Waals surface area contributed by atoms with E-state index in [4.69, 9.17) is 4.74 Å². The highest BCUT2D eigenvalue weighted by atomic mass is 16.5. The van der Waals surface area contributed by atoms with Gasteiger partial charge in [-0.2, -0.15) is 0 Å². The van der Waals surface area contributed by atoms with E-state index >= 15 is 0 Å². The van der Waals surface area contributed by atoms with E-state index in [0.29, 0.717) is 19.5 Å². The number of carbonyl (C=O) groups is 2. The summed E-state index contributed by atoms with van der Waals surface area (Å²) in [7, 11) is 1.31. The lowest BCUT2D eigenvalue weighted by atomic mass is 9.95. The quantitative estimate of drug-likeness (QED) is 0.619. The van der Waals surface area contributed by atoms with Crippen LogP contribution in [0.1, 0.15) is 60.6 Å². The Labute approximate surface area is 153 Å². The highest BCUT2D eigenvalue weighted by Crippen LogP contribution is 2.20. The van der Waals surface area contributed by atoms with Crippen molar-refractivity contribution in [2.75, 3.05) is 20.3 Å². The number of nitrogens with one attached hydrogen (secondary N) is 1. The van der Waals surface area contributed by atoms with Crippen LogP contribution in [0.2, 0.25) is 0 Å². The molecule has 0 unspecified atom stereocenters. The number of aryl methyl sites for hydroxylation is 1. The first kappa shape index (κ1) is 20.0. The van der Waals surface area contributed by atoms with E-state index < -0.39 is 12.1 Å². The third-order valence-corrected chi connectivity index (χ3v) is 4.61. The molecule has 1 heterocycles. The first-order valence-electron chi connectivity index (χ1n) is 9.33. The van der Waals surface area contributed by atoms with Crippen molar-refractivity contribution in [2.24, 2.45) is 0 Å². The van der Waals surface area contributed by atoms with E-state index in [9.17, 15) is 14.4 Å². The molecule has 1 aromatic rings. The summed E-state index contributed by atoms with van der Waals surface area (Å²) in [5.74, 6) is -0.566. The van der Waals surface area contributed by atoms with Gasteiger partial charge in [-0.3, -0.25) is 4.79 Å². The van der Waals surface area contributed by atoms with Crippen molar-refractivity contribution in [3.8, 4) is 0 Å². The van der Waals surface area contributed by atoms with Crippen molar-refractivity contribution in [3.63, 3.8) is 0 Å². The highest BCUT2D eigenvalue weighted by Gasteiger charge is 2.20. The largest absolute Gasteiger partial charge is 0.462 e. The minimum atomic E-state index is -0.566.